The van der Waals surface area contributed by atoms with Gasteiger partial charge in [-0.1, -0.05) is 30.3 Å². The monoisotopic (exact) mass is 287 g/mol. The van der Waals surface area contributed by atoms with Gasteiger partial charge in [0, 0.05) is 18.0 Å². The first-order valence-electron chi connectivity index (χ1n) is 6.01. The van der Waals surface area contributed by atoms with Gasteiger partial charge in [-0.3, -0.25) is 0 Å². The standard InChI is InChI=1S/C14H13N3S2/c15-14-17-11(9-18-14)12-8-16-13(19-12)7-6-10-4-2-1-3-5-10/h1-5,8-9H,6-7H2,(H2,15,17). The predicted octanol–water partition coefficient (Wildman–Crippen LogP) is 3.63. The molecule has 2 heterocycles. The minimum atomic E-state index is 0.606. The molecule has 5 heteroatoms. The summed E-state index contributed by atoms with van der Waals surface area (Å²) in [6.07, 6.45) is 3.88. The number of aromatic nitrogens is 2. The maximum absolute atomic E-state index is 5.65. The SMILES string of the molecule is Nc1nc(-c2cnc(CCc3ccccc3)s2)cs1. The highest BCUT2D eigenvalue weighted by molar-refractivity contribution is 7.16. The lowest BCUT2D eigenvalue weighted by molar-refractivity contribution is 0.944. The zero-order valence-electron chi connectivity index (χ0n) is 10.2. The normalized spacial score (nSPS) is 10.7. The van der Waals surface area contributed by atoms with Crippen LogP contribution in [0.25, 0.3) is 10.6 Å². The number of nitrogens with two attached hydrogens (primary N) is 1. The lowest BCUT2D eigenvalue weighted by atomic mass is 10.1. The maximum atomic E-state index is 5.65. The highest BCUT2D eigenvalue weighted by atomic mass is 32.1. The maximum Gasteiger partial charge on any atom is 0.180 e. The van der Waals surface area contributed by atoms with Gasteiger partial charge in [0.25, 0.3) is 0 Å². The Morgan fingerprint density at radius 3 is 2.68 bits per heavy atom. The number of rotatable bonds is 4. The van der Waals surface area contributed by atoms with E-state index in [2.05, 4.69) is 34.2 Å². The number of thiazole rings is 2. The Hall–Kier alpha value is -1.72. The number of aryl methyl sites for hydroxylation is 2. The first-order chi connectivity index (χ1) is 9.31. The molecule has 0 unspecified atom stereocenters. The topological polar surface area (TPSA) is 51.8 Å². The number of nitrogen functional groups attached to an aromatic ring is 1. The molecule has 0 aliphatic heterocycles. The van der Waals surface area contributed by atoms with Crippen molar-refractivity contribution in [3.05, 3.63) is 52.5 Å². The Morgan fingerprint density at radius 1 is 1.11 bits per heavy atom. The number of hydrogen-bond acceptors (Lipinski definition) is 5. The van der Waals surface area contributed by atoms with E-state index in [1.807, 2.05) is 17.6 Å². The Balaban J connectivity index is 1.68. The molecule has 3 rings (SSSR count). The molecule has 0 atom stereocenters. The molecule has 2 aromatic heterocycles. The number of benzene rings is 1. The van der Waals surface area contributed by atoms with Gasteiger partial charge in [0.15, 0.2) is 5.13 Å². The lowest BCUT2D eigenvalue weighted by Gasteiger charge is -1.97. The molecule has 0 fully saturated rings. The Kier molecular flexibility index (Phi) is 3.57. The molecule has 3 aromatic rings. The second-order valence-corrected chi connectivity index (χ2v) is 6.18. The first-order valence-corrected chi connectivity index (χ1v) is 7.71. The van der Waals surface area contributed by atoms with Crippen LogP contribution in [-0.2, 0) is 12.8 Å². The van der Waals surface area contributed by atoms with Crippen LogP contribution in [0, 0.1) is 0 Å². The molecule has 0 spiro atoms. The second-order valence-electron chi connectivity index (χ2n) is 4.17. The van der Waals surface area contributed by atoms with Gasteiger partial charge in [0.2, 0.25) is 0 Å². The predicted molar refractivity (Wildman–Crippen MR) is 81.5 cm³/mol. The molecule has 0 aliphatic rings. The molecule has 0 aliphatic carbocycles. The summed E-state index contributed by atoms with van der Waals surface area (Å²) < 4.78 is 0. The molecule has 0 saturated carbocycles. The van der Waals surface area contributed by atoms with Crippen molar-refractivity contribution in [2.45, 2.75) is 12.8 Å². The summed E-state index contributed by atoms with van der Waals surface area (Å²) in [4.78, 5) is 9.83. The van der Waals surface area contributed by atoms with E-state index < -0.39 is 0 Å². The highest BCUT2D eigenvalue weighted by Crippen LogP contribution is 2.28. The van der Waals surface area contributed by atoms with Crippen LogP contribution in [-0.4, -0.2) is 9.97 Å². The van der Waals surface area contributed by atoms with Crippen LogP contribution in [0.3, 0.4) is 0 Å². The summed E-state index contributed by atoms with van der Waals surface area (Å²) in [6.45, 7) is 0. The van der Waals surface area contributed by atoms with Gasteiger partial charge in [-0.15, -0.1) is 22.7 Å². The van der Waals surface area contributed by atoms with E-state index in [1.165, 1.54) is 16.9 Å². The van der Waals surface area contributed by atoms with Crippen LogP contribution in [0.2, 0.25) is 0 Å². The Labute approximate surface area is 119 Å². The van der Waals surface area contributed by atoms with Crippen LogP contribution in [0.5, 0.6) is 0 Å². The summed E-state index contributed by atoms with van der Waals surface area (Å²) in [5.41, 5.74) is 7.93. The van der Waals surface area contributed by atoms with Crippen molar-refractivity contribution in [2.75, 3.05) is 5.73 Å². The minimum absolute atomic E-state index is 0.606. The van der Waals surface area contributed by atoms with Crippen LogP contribution >= 0.6 is 22.7 Å². The minimum Gasteiger partial charge on any atom is -0.375 e. The average Bonchev–Trinajstić information content (AvgIpc) is 3.06. The summed E-state index contributed by atoms with van der Waals surface area (Å²) in [6, 6.07) is 10.5. The van der Waals surface area contributed by atoms with E-state index in [9.17, 15) is 0 Å². The number of anilines is 1. The van der Waals surface area contributed by atoms with Crippen LogP contribution in [0.15, 0.2) is 41.9 Å². The van der Waals surface area contributed by atoms with E-state index in [0.717, 1.165) is 28.4 Å². The van der Waals surface area contributed by atoms with Crippen molar-refractivity contribution in [1.82, 2.24) is 9.97 Å². The fourth-order valence-corrected chi connectivity index (χ4v) is 3.36. The largest absolute Gasteiger partial charge is 0.375 e. The highest BCUT2D eigenvalue weighted by Gasteiger charge is 2.07. The third-order valence-corrected chi connectivity index (χ3v) is 4.55. The van der Waals surface area contributed by atoms with Gasteiger partial charge in [-0.25, -0.2) is 9.97 Å². The van der Waals surface area contributed by atoms with E-state index >= 15 is 0 Å². The van der Waals surface area contributed by atoms with E-state index in [1.54, 1.807) is 11.3 Å². The van der Waals surface area contributed by atoms with E-state index in [-0.39, 0.29) is 0 Å². The van der Waals surface area contributed by atoms with Crippen LogP contribution < -0.4 is 5.73 Å². The van der Waals surface area contributed by atoms with Gasteiger partial charge in [-0.05, 0) is 12.0 Å². The van der Waals surface area contributed by atoms with E-state index in [4.69, 9.17) is 5.73 Å². The smallest absolute Gasteiger partial charge is 0.180 e. The molecule has 1 aromatic carbocycles. The fourth-order valence-electron chi connectivity index (χ4n) is 1.84. The van der Waals surface area contributed by atoms with Crippen molar-refractivity contribution in [3.8, 4) is 10.6 Å². The molecule has 96 valence electrons. The van der Waals surface area contributed by atoms with Crippen molar-refractivity contribution in [3.63, 3.8) is 0 Å². The second kappa shape index (κ2) is 5.50. The Morgan fingerprint density at radius 2 is 1.95 bits per heavy atom. The zero-order valence-corrected chi connectivity index (χ0v) is 11.9. The summed E-state index contributed by atoms with van der Waals surface area (Å²) in [5.74, 6) is 0. The third kappa shape index (κ3) is 3.00. The van der Waals surface area contributed by atoms with Gasteiger partial charge < -0.3 is 5.73 Å². The molecule has 3 nitrogen and oxygen atoms in total. The summed E-state index contributed by atoms with van der Waals surface area (Å²) >= 11 is 3.16. The zero-order chi connectivity index (χ0) is 13.1. The van der Waals surface area contributed by atoms with Crippen molar-refractivity contribution in [1.29, 1.82) is 0 Å². The van der Waals surface area contributed by atoms with Crippen LogP contribution in [0.1, 0.15) is 10.6 Å². The third-order valence-electron chi connectivity index (χ3n) is 2.80. The van der Waals surface area contributed by atoms with Crippen molar-refractivity contribution in [2.24, 2.45) is 0 Å². The number of hydrogen-bond donors (Lipinski definition) is 1. The van der Waals surface area contributed by atoms with Crippen LogP contribution in [0.4, 0.5) is 5.13 Å². The van der Waals surface area contributed by atoms with Gasteiger partial charge >= 0.3 is 0 Å². The van der Waals surface area contributed by atoms with Gasteiger partial charge in [0.1, 0.15) is 0 Å². The lowest BCUT2D eigenvalue weighted by Crippen LogP contribution is -1.89. The fraction of sp³-hybridized carbons (Fsp3) is 0.143. The Bertz CT molecular complexity index is 658. The summed E-state index contributed by atoms with van der Waals surface area (Å²) in [5, 5.41) is 3.73. The van der Waals surface area contributed by atoms with E-state index in [0.29, 0.717) is 5.13 Å². The number of nitrogens with zero attached hydrogens (tertiary/aromatic N) is 2. The molecule has 0 amide bonds. The van der Waals surface area contributed by atoms with Crippen molar-refractivity contribution >= 4 is 27.8 Å². The van der Waals surface area contributed by atoms with Crippen molar-refractivity contribution < 1.29 is 0 Å². The quantitative estimate of drug-likeness (QED) is 0.797. The molecule has 2 N–H and O–H groups in total. The molecule has 19 heavy (non-hydrogen) atoms. The molecular formula is C14H13N3S2. The van der Waals surface area contributed by atoms with Gasteiger partial charge in [-0.2, -0.15) is 0 Å². The van der Waals surface area contributed by atoms with Gasteiger partial charge in [0.05, 0.1) is 15.6 Å². The average molecular weight is 287 g/mol. The summed E-state index contributed by atoms with van der Waals surface area (Å²) in [7, 11) is 0. The molecular weight excluding hydrogens is 274 g/mol. The molecule has 0 saturated heterocycles. The first kappa shape index (κ1) is 12.3. The molecule has 0 bridgehead atoms. The molecule has 0 radical (unpaired) electrons.